The normalized spacial score (nSPS) is 10.4. The molecule has 11 heteroatoms. The Labute approximate surface area is 214 Å². The molecule has 36 heavy (non-hydrogen) atoms. The Balaban J connectivity index is 1.59. The van der Waals surface area contributed by atoms with Crippen LogP contribution in [0.15, 0.2) is 60.3 Å². The van der Waals surface area contributed by atoms with Gasteiger partial charge in [0.25, 0.3) is 5.91 Å². The van der Waals surface area contributed by atoms with E-state index in [0.717, 1.165) is 5.75 Å². The third-order valence-corrected chi connectivity index (χ3v) is 5.91. The van der Waals surface area contributed by atoms with E-state index in [9.17, 15) is 9.59 Å². The number of thioether (sulfide) groups is 1. The first kappa shape index (κ1) is 26.6. The lowest BCUT2D eigenvalue weighted by Gasteiger charge is -2.11. The summed E-state index contributed by atoms with van der Waals surface area (Å²) in [5.74, 6) is 1.94. The molecule has 3 rings (SSSR count). The van der Waals surface area contributed by atoms with Crippen LogP contribution in [0, 0.1) is 0 Å². The number of ether oxygens (including phenoxy) is 3. The van der Waals surface area contributed by atoms with E-state index in [0.29, 0.717) is 46.9 Å². The SMILES string of the molecule is C=CCn1c(CNC(=O)c2ccc(OC)c(OC)c2)nnc1SCC(=O)Nc1ccc(OCC)cc1. The fraction of sp³-hybridized carbons (Fsp3) is 0.280. The summed E-state index contributed by atoms with van der Waals surface area (Å²) in [5, 5.41) is 14.6. The quantitative estimate of drug-likeness (QED) is 0.264. The minimum absolute atomic E-state index is 0.139. The Morgan fingerprint density at radius 3 is 2.50 bits per heavy atom. The number of methoxy groups -OCH3 is 2. The van der Waals surface area contributed by atoms with Gasteiger partial charge in [-0.2, -0.15) is 0 Å². The highest BCUT2D eigenvalue weighted by atomic mass is 32.2. The second kappa shape index (κ2) is 13.2. The van der Waals surface area contributed by atoms with Gasteiger partial charge >= 0.3 is 0 Å². The number of amides is 2. The number of carbonyl (C=O) groups excluding carboxylic acids is 2. The number of nitrogens with zero attached hydrogens (tertiary/aromatic N) is 3. The summed E-state index contributed by atoms with van der Waals surface area (Å²) in [7, 11) is 3.04. The van der Waals surface area contributed by atoms with E-state index < -0.39 is 0 Å². The predicted octanol–water partition coefficient (Wildman–Crippen LogP) is 3.54. The fourth-order valence-corrected chi connectivity index (χ4v) is 4.00. The third kappa shape index (κ3) is 7.01. The lowest BCUT2D eigenvalue weighted by Crippen LogP contribution is -2.25. The monoisotopic (exact) mass is 511 g/mol. The highest BCUT2D eigenvalue weighted by molar-refractivity contribution is 7.99. The van der Waals surface area contributed by atoms with Crippen molar-refractivity contribution in [3.05, 3.63) is 66.5 Å². The maximum absolute atomic E-state index is 12.7. The first-order valence-corrected chi connectivity index (χ1v) is 12.2. The summed E-state index contributed by atoms with van der Waals surface area (Å²) < 4.78 is 17.7. The first-order chi connectivity index (χ1) is 17.5. The molecule has 2 aromatic carbocycles. The Morgan fingerprint density at radius 1 is 1.08 bits per heavy atom. The minimum Gasteiger partial charge on any atom is -0.494 e. The molecule has 1 aromatic heterocycles. The molecule has 0 saturated carbocycles. The molecule has 0 atom stereocenters. The van der Waals surface area contributed by atoms with Gasteiger partial charge in [0.2, 0.25) is 5.91 Å². The molecule has 0 spiro atoms. The van der Waals surface area contributed by atoms with E-state index >= 15 is 0 Å². The van der Waals surface area contributed by atoms with Crippen molar-refractivity contribution in [3.63, 3.8) is 0 Å². The van der Waals surface area contributed by atoms with Crippen molar-refractivity contribution < 1.29 is 23.8 Å². The third-order valence-electron chi connectivity index (χ3n) is 4.94. The van der Waals surface area contributed by atoms with Crippen molar-refractivity contribution in [2.24, 2.45) is 0 Å². The van der Waals surface area contributed by atoms with Crippen LogP contribution >= 0.6 is 11.8 Å². The van der Waals surface area contributed by atoms with Crippen molar-refractivity contribution in [1.82, 2.24) is 20.1 Å². The zero-order valence-corrected chi connectivity index (χ0v) is 21.3. The highest BCUT2D eigenvalue weighted by Gasteiger charge is 2.16. The average molecular weight is 512 g/mol. The van der Waals surface area contributed by atoms with E-state index in [2.05, 4.69) is 27.4 Å². The van der Waals surface area contributed by atoms with Crippen LogP contribution in [0.5, 0.6) is 17.2 Å². The van der Waals surface area contributed by atoms with Crippen LogP contribution in [-0.2, 0) is 17.9 Å². The average Bonchev–Trinajstić information content (AvgIpc) is 3.28. The van der Waals surface area contributed by atoms with Crippen LogP contribution in [0.25, 0.3) is 0 Å². The molecule has 0 radical (unpaired) electrons. The first-order valence-electron chi connectivity index (χ1n) is 11.2. The zero-order valence-electron chi connectivity index (χ0n) is 20.4. The molecule has 0 aliphatic heterocycles. The van der Waals surface area contributed by atoms with Crippen LogP contribution in [0.4, 0.5) is 5.69 Å². The van der Waals surface area contributed by atoms with E-state index in [-0.39, 0.29) is 24.1 Å². The van der Waals surface area contributed by atoms with Gasteiger partial charge in [-0.3, -0.25) is 9.59 Å². The van der Waals surface area contributed by atoms with Gasteiger partial charge in [0.05, 0.1) is 33.1 Å². The van der Waals surface area contributed by atoms with Gasteiger partial charge in [0, 0.05) is 17.8 Å². The van der Waals surface area contributed by atoms with Gasteiger partial charge < -0.3 is 29.4 Å². The van der Waals surface area contributed by atoms with Crippen molar-refractivity contribution in [2.75, 3.05) is 31.9 Å². The van der Waals surface area contributed by atoms with Crippen molar-refractivity contribution in [2.45, 2.75) is 25.2 Å². The van der Waals surface area contributed by atoms with Crippen molar-refractivity contribution in [3.8, 4) is 17.2 Å². The molecule has 190 valence electrons. The molecule has 3 aromatic rings. The molecule has 10 nitrogen and oxygen atoms in total. The van der Waals surface area contributed by atoms with Crippen molar-refractivity contribution >= 4 is 29.3 Å². The molecule has 0 bridgehead atoms. The predicted molar refractivity (Wildman–Crippen MR) is 138 cm³/mol. The standard InChI is InChI=1S/C25H29N5O5S/c1-5-13-30-22(15-26-24(32)17-7-12-20(33-3)21(14-17)34-4)28-29-25(30)36-16-23(31)27-18-8-10-19(11-9-18)35-6-2/h5,7-12,14H,1,6,13,15-16H2,2-4H3,(H,26,32)(H,27,31). The second-order valence-corrected chi connectivity index (χ2v) is 8.29. The summed E-state index contributed by atoms with van der Waals surface area (Å²) in [6, 6.07) is 12.1. The zero-order chi connectivity index (χ0) is 25.9. The number of rotatable bonds is 13. The van der Waals surface area contributed by atoms with Gasteiger partial charge in [0.15, 0.2) is 22.5 Å². The summed E-state index contributed by atoms with van der Waals surface area (Å²) in [4.78, 5) is 25.1. The number of aromatic nitrogens is 3. The molecule has 0 saturated heterocycles. The lowest BCUT2D eigenvalue weighted by atomic mass is 10.2. The maximum Gasteiger partial charge on any atom is 0.251 e. The molecule has 0 aliphatic rings. The Kier molecular flexibility index (Phi) is 9.75. The Morgan fingerprint density at radius 2 is 1.83 bits per heavy atom. The molecular formula is C25H29N5O5S. The number of carbonyl (C=O) groups is 2. The number of anilines is 1. The van der Waals surface area contributed by atoms with Gasteiger partial charge in [-0.25, -0.2) is 0 Å². The van der Waals surface area contributed by atoms with Gasteiger partial charge in [-0.1, -0.05) is 17.8 Å². The topological polar surface area (TPSA) is 117 Å². The van der Waals surface area contributed by atoms with Crippen LogP contribution in [0.2, 0.25) is 0 Å². The Hall–Kier alpha value is -3.99. The molecule has 1 heterocycles. The summed E-state index contributed by atoms with van der Waals surface area (Å²) >= 11 is 1.25. The summed E-state index contributed by atoms with van der Waals surface area (Å²) in [5.41, 5.74) is 1.10. The summed E-state index contributed by atoms with van der Waals surface area (Å²) in [6.45, 7) is 6.84. The molecule has 0 aliphatic carbocycles. The number of nitrogens with one attached hydrogen (secondary N) is 2. The van der Waals surface area contributed by atoms with Gasteiger partial charge in [-0.05, 0) is 49.4 Å². The fourth-order valence-electron chi connectivity index (χ4n) is 3.24. The largest absolute Gasteiger partial charge is 0.494 e. The maximum atomic E-state index is 12.7. The van der Waals surface area contributed by atoms with Gasteiger partial charge in [-0.15, -0.1) is 16.8 Å². The van der Waals surface area contributed by atoms with Crippen LogP contribution in [-0.4, -0.2) is 53.2 Å². The lowest BCUT2D eigenvalue weighted by molar-refractivity contribution is -0.113. The molecule has 0 unspecified atom stereocenters. The van der Waals surface area contributed by atoms with E-state index in [4.69, 9.17) is 14.2 Å². The molecule has 0 fully saturated rings. The second-order valence-electron chi connectivity index (χ2n) is 7.34. The van der Waals surface area contributed by atoms with E-state index in [1.54, 1.807) is 53.1 Å². The number of hydrogen-bond acceptors (Lipinski definition) is 8. The molecule has 2 N–H and O–H groups in total. The number of benzene rings is 2. The van der Waals surface area contributed by atoms with Gasteiger partial charge in [0.1, 0.15) is 5.75 Å². The van der Waals surface area contributed by atoms with Crippen LogP contribution in [0.3, 0.4) is 0 Å². The van der Waals surface area contributed by atoms with E-state index in [1.165, 1.54) is 26.0 Å². The molecular weight excluding hydrogens is 482 g/mol. The molecule has 2 amide bonds. The number of allylic oxidation sites excluding steroid dienone is 1. The number of hydrogen-bond donors (Lipinski definition) is 2. The minimum atomic E-state index is -0.298. The smallest absolute Gasteiger partial charge is 0.251 e. The highest BCUT2D eigenvalue weighted by Crippen LogP contribution is 2.27. The summed E-state index contributed by atoms with van der Waals surface area (Å²) in [6.07, 6.45) is 1.70. The van der Waals surface area contributed by atoms with Crippen LogP contribution < -0.4 is 24.8 Å². The Bertz CT molecular complexity index is 1200. The van der Waals surface area contributed by atoms with Crippen molar-refractivity contribution in [1.29, 1.82) is 0 Å². The van der Waals surface area contributed by atoms with Crippen LogP contribution in [0.1, 0.15) is 23.1 Å². The van der Waals surface area contributed by atoms with E-state index in [1.807, 2.05) is 6.92 Å².